The van der Waals surface area contributed by atoms with Crippen LogP contribution >= 0.6 is 0 Å². The lowest BCUT2D eigenvalue weighted by Crippen LogP contribution is -2.34. The molecule has 12 bridgehead atoms. The summed E-state index contributed by atoms with van der Waals surface area (Å²) in [5.41, 5.74) is 20.3. The summed E-state index contributed by atoms with van der Waals surface area (Å²) in [5.74, 6) is 0. The predicted octanol–water partition coefficient (Wildman–Crippen LogP) is 12.3. The fraction of sp³-hybridized carbons (Fsp3) is 0.300. The molecule has 0 saturated carbocycles. The molecule has 0 N–H and O–H groups in total. The molecule has 0 atom stereocenters. The molecule has 0 unspecified atom stereocenters. The second-order valence-corrected chi connectivity index (χ2v) is 56.3. The van der Waals surface area contributed by atoms with Gasteiger partial charge in [0.2, 0.25) is 0 Å². The second kappa shape index (κ2) is 20.9. The average Bonchev–Trinajstić information content (AvgIpc) is 3.28. The second-order valence-electron chi connectivity index (χ2n) is 26.1. The zero-order chi connectivity index (χ0) is 52.6. The highest BCUT2D eigenvalue weighted by atomic mass is 28.3. The molecular formula is C60H78N6Si6. The van der Waals surface area contributed by atoms with Crippen molar-refractivity contribution in [3.63, 3.8) is 0 Å². The number of rotatable bonds is 6. The Morgan fingerprint density at radius 3 is 0.417 bits per heavy atom. The van der Waals surface area contributed by atoms with E-state index in [2.05, 4.69) is 225 Å². The SMILES string of the molecule is C[Si](C)(C)C=c1c(=C[Si](C)(C)C)c2ccc(nc2)c2ccc(cn2)c(=C[Si](C)(C)C)c(=C[Si](C)(C)C)c2ccc(nc2)c2ccc(cn2)c(=C[Si](C)(C)C)c(=C[Si](C)(C)C)c2ccc(nc2)c2ccc1cn2. The molecule has 16 rings (SSSR count). The van der Waals surface area contributed by atoms with Crippen molar-refractivity contribution in [1.82, 2.24) is 29.9 Å². The van der Waals surface area contributed by atoms with E-state index < -0.39 is 48.4 Å². The van der Waals surface area contributed by atoms with Gasteiger partial charge in [0.05, 0.1) is 81.5 Å². The summed E-state index contributed by atoms with van der Waals surface area (Å²) in [6.45, 7) is 43.2. The molecule has 6 nitrogen and oxygen atoms in total. The van der Waals surface area contributed by atoms with Crippen molar-refractivity contribution < 1.29 is 0 Å². The number of hydrogen-bond acceptors (Lipinski definition) is 6. The third-order valence-electron chi connectivity index (χ3n) is 11.6. The minimum Gasteiger partial charge on any atom is -0.254 e. The van der Waals surface area contributed by atoms with Gasteiger partial charge in [-0.1, -0.05) is 188 Å². The third-order valence-corrected chi connectivity index (χ3v) is 18.5. The summed E-state index contributed by atoms with van der Waals surface area (Å²) in [6, 6.07) is 26.2. The van der Waals surface area contributed by atoms with E-state index in [4.69, 9.17) is 29.9 Å². The highest BCUT2D eigenvalue weighted by Gasteiger charge is 2.16. The van der Waals surface area contributed by atoms with Crippen molar-refractivity contribution in [3.05, 3.63) is 141 Å². The fourth-order valence-corrected chi connectivity index (χ4v) is 15.9. The molecule has 16 aromatic rings. The van der Waals surface area contributed by atoms with Gasteiger partial charge in [-0.05, 0) is 100 Å². The Balaban J connectivity index is 1.71. The molecule has 15 heterocycles. The van der Waals surface area contributed by atoms with E-state index in [9.17, 15) is 0 Å². The average molecular weight is 1050 g/mol. The van der Waals surface area contributed by atoms with Crippen molar-refractivity contribution in [1.29, 1.82) is 0 Å². The first-order chi connectivity index (χ1) is 33.4. The van der Waals surface area contributed by atoms with Crippen LogP contribution in [-0.4, -0.2) is 78.3 Å². The van der Waals surface area contributed by atoms with Gasteiger partial charge in [-0.15, -0.1) is 0 Å². The Bertz CT molecular complexity index is 3110. The van der Waals surface area contributed by atoms with E-state index in [1.165, 1.54) is 31.3 Å². The lowest BCUT2D eigenvalue weighted by Gasteiger charge is -2.12. The van der Waals surface area contributed by atoms with Crippen LogP contribution in [0.4, 0.5) is 0 Å². The molecule has 0 radical (unpaired) electrons. The molecule has 372 valence electrons. The van der Waals surface area contributed by atoms with E-state index in [1.54, 1.807) is 0 Å². The molecule has 0 fully saturated rings. The standard InChI is InChI=1S/C60H78N6Si6/c1-67(2,3)37-49-43-19-25-55(61-31-43)57-27-21-45(33-63-57)51(39-69(7,8)9)53(41-71(13,14)15)47-23-29-59(65-35-47)60-30-24-48(36-66-60)54(42-72(16,17)18)52(40-70(10,11)12)46-22-28-58(64-34-46)56-26-20-44(32-62-56)50(49)38-68(4,5)6/h19-42H,1-18H3. The molecule has 0 aliphatic rings. The molecular weight excluding hydrogens is 973 g/mol. The molecule has 0 aliphatic heterocycles. The molecule has 72 heavy (non-hydrogen) atoms. The number of nitrogens with zero attached hydrogens (tertiary/aromatic N) is 6. The van der Waals surface area contributed by atoms with Crippen molar-refractivity contribution in [3.8, 4) is 0 Å². The van der Waals surface area contributed by atoms with Crippen molar-refractivity contribution >= 4 is 148 Å². The van der Waals surface area contributed by atoms with Gasteiger partial charge < -0.3 is 0 Å². The Labute approximate surface area is 434 Å². The highest BCUT2D eigenvalue weighted by Crippen LogP contribution is 2.14. The Kier molecular flexibility index (Phi) is 15.8. The van der Waals surface area contributed by atoms with E-state index >= 15 is 0 Å². The van der Waals surface area contributed by atoms with Gasteiger partial charge in [-0.3, -0.25) is 29.9 Å². The third kappa shape index (κ3) is 14.9. The molecule has 1 aromatic carbocycles. The fourth-order valence-electron chi connectivity index (χ4n) is 8.73. The molecule has 15 aromatic heterocycles. The maximum absolute atomic E-state index is 5.13. The number of aromatic nitrogens is 6. The van der Waals surface area contributed by atoms with Gasteiger partial charge in [-0.2, -0.15) is 0 Å². The van der Waals surface area contributed by atoms with Crippen LogP contribution in [0.15, 0.2) is 110 Å². The van der Waals surface area contributed by atoms with Crippen LogP contribution in [0.25, 0.3) is 99.6 Å². The quantitative estimate of drug-likeness (QED) is 0.154. The van der Waals surface area contributed by atoms with Gasteiger partial charge in [0.25, 0.3) is 0 Å². The van der Waals surface area contributed by atoms with Gasteiger partial charge in [0.1, 0.15) is 0 Å². The lowest BCUT2D eigenvalue weighted by atomic mass is 10.1. The van der Waals surface area contributed by atoms with Gasteiger partial charge in [-0.25, -0.2) is 0 Å². The van der Waals surface area contributed by atoms with Gasteiger partial charge in [0.15, 0.2) is 0 Å². The summed E-state index contributed by atoms with van der Waals surface area (Å²) in [4.78, 5) is 30.8. The summed E-state index contributed by atoms with van der Waals surface area (Å²) < 4.78 is 0. The summed E-state index contributed by atoms with van der Waals surface area (Å²) in [5, 5.41) is 13.9. The van der Waals surface area contributed by atoms with Crippen LogP contribution in [0, 0.1) is 0 Å². The lowest BCUT2D eigenvalue weighted by molar-refractivity contribution is 1.36. The first kappa shape index (κ1) is 54.4. The zero-order valence-electron chi connectivity index (χ0n) is 46.5. The van der Waals surface area contributed by atoms with Crippen LogP contribution < -0.4 is 31.3 Å². The van der Waals surface area contributed by atoms with Crippen LogP contribution in [0.2, 0.25) is 118 Å². The van der Waals surface area contributed by atoms with E-state index in [-0.39, 0.29) is 0 Å². The maximum atomic E-state index is 5.13. The van der Waals surface area contributed by atoms with Crippen LogP contribution in [-0.2, 0) is 0 Å². The minimum absolute atomic E-state index is 0.846. The number of pyridine rings is 6. The topological polar surface area (TPSA) is 77.3 Å². The van der Waals surface area contributed by atoms with Crippen LogP contribution in [0.3, 0.4) is 0 Å². The first-order valence-corrected chi connectivity index (χ1v) is 47.0. The zero-order valence-corrected chi connectivity index (χ0v) is 52.5. The normalized spacial score (nSPS) is 14.8. The smallest absolute Gasteiger partial charge is 0.0886 e. The van der Waals surface area contributed by atoms with E-state index in [0.717, 1.165) is 65.4 Å². The number of hydrogen-bond donors (Lipinski definition) is 0. The van der Waals surface area contributed by atoms with Crippen LogP contribution in [0.5, 0.6) is 0 Å². The minimum atomic E-state index is -1.74. The Hall–Kier alpha value is -5.36. The molecule has 0 saturated heterocycles. The first-order valence-electron chi connectivity index (χ1n) is 25.6. The summed E-state index contributed by atoms with van der Waals surface area (Å²) in [7, 11) is -10.5. The monoisotopic (exact) mass is 1050 g/mol. The van der Waals surface area contributed by atoms with Crippen molar-refractivity contribution in [2.24, 2.45) is 0 Å². The highest BCUT2D eigenvalue weighted by molar-refractivity contribution is 6.91. The maximum Gasteiger partial charge on any atom is 0.0886 e. The molecule has 0 amide bonds. The summed E-state index contributed by atoms with van der Waals surface area (Å²) in [6.07, 6.45) is 12.3. The van der Waals surface area contributed by atoms with Crippen molar-refractivity contribution in [2.75, 3.05) is 0 Å². The molecule has 0 spiro atoms. The van der Waals surface area contributed by atoms with Gasteiger partial charge >= 0.3 is 0 Å². The van der Waals surface area contributed by atoms with Gasteiger partial charge in [0, 0.05) is 37.2 Å². The van der Waals surface area contributed by atoms with E-state index in [1.807, 2.05) is 37.2 Å². The predicted molar refractivity (Wildman–Crippen MR) is 336 cm³/mol. The van der Waals surface area contributed by atoms with Crippen molar-refractivity contribution in [2.45, 2.75) is 118 Å². The molecule has 12 heteroatoms. The Morgan fingerprint density at radius 2 is 0.333 bits per heavy atom. The van der Waals surface area contributed by atoms with E-state index in [0.29, 0.717) is 0 Å². The van der Waals surface area contributed by atoms with Crippen LogP contribution in [0.1, 0.15) is 0 Å². The largest absolute Gasteiger partial charge is 0.254 e. The Morgan fingerprint density at radius 1 is 0.208 bits per heavy atom. The summed E-state index contributed by atoms with van der Waals surface area (Å²) >= 11 is 0. The molecule has 0 aliphatic carbocycles.